The number of para-hydroxylation sites is 1. The maximum Gasteiger partial charge on any atom is 0.277 e. The fourth-order valence-corrected chi connectivity index (χ4v) is 3.36. The molecule has 0 fully saturated rings. The number of methoxy groups -OCH3 is 1. The molecule has 0 spiro atoms. The van der Waals surface area contributed by atoms with Gasteiger partial charge in [0.25, 0.3) is 5.91 Å². The molecular formula is C24H23BrN2O4. The number of halogens is 1. The minimum absolute atomic E-state index is 0.170. The van der Waals surface area contributed by atoms with Gasteiger partial charge in [-0.1, -0.05) is 42.5 Å². The van der Waals surface area contributed by atoms with Crippen molar-refractivity contribution in [3.05, 3.63) is 76.8 Å². The Bertz CT molecular complexity index is 1050. The van der Waals surface area contributed by atoms with Crippen LogP contribution < -0.4 is 19.6 Å². The van der Waals surface area contributed by atoms with Crippen molar-refractivity contribution >= 4 is 28.1 Å². The number of nitrogens with zero attached hydrogens (tertiary/aromatic N) is 1. The Morgan fingerprint density at radius 3 is 2.52 bits per heavy atom. The summed E-state index contributed by atoms with van der Waals surface area (Å²) in [6.45, 7) is 2.20. The monoisotopic (exact) mass is 482 g/mol. The van der Waals surface area contributed by atoms with Gasteiger partial charge in [-0.3, -0.25) is 4.79 Å². The van der Waals surface area contributed by atoms with Gasteiger partial charge in [-0.15, -0.1) is 0 Å². The van der Waals surface area contributed by atoms with E-state index < -0.39 is 0 Å². The van der Waals surface area contributed by atoms with E-state index in [-0.39, 0.29) is 12.5 Å². The quantitative estimate of drug-likeness (QED) is 0.342. The van der Waals surface area contributed by atoms with Crippen molar-refractivity contribution in [2.24, 2.45) is 5.10 Å². The van der Waals surface area contributed by atoms with E-state index >= 15 is 0 Å². The number of benzene rings is 3. The summed E-state index contributed by atoms with van der Waals surface area (Å²) in [5.74, 6) is 1.37. The summed E-state index contributed by atoms with van der Waals surface area (Å²) in [5.41, 5.74) is 5.31. The smallest absolute Gasteiger partial charge is 0.277 e. The second-order valence-electron chi connectivity index (χ2n) is 6.40. The van der Waals surface area contributed by atoms with Gasteiger partial charge >= 0.3 is 0 Å². The molecule has 0 saturated carbocycles. The molecule has 0 aliphatic rings. The van der Waals surface area contributed by atoms with E-state index in [9.17, 15) is 4.79 Å². The van der Waals surface area contributed by atoms with Crippen LogP contribution in [0.15, 0.2) is 76.3 Å². The second-order valence-corrected chi connectivity index (χ2v) is 7.26. The topological polar surface area (TPSA) is 69.2 Å². The normalized spacial score (nSPS) is 10.7. The van der Waals surface area contributed by atoms with Crippen LogP contribution in [0.5, 0.6) is 17.2 Å². The van der Waals surface area contributed by atoms with Crippen molar-refractivity contribution in [3.8, 4) is 28.4 Å². The molecule has 0 heterocycles. The zero-order chi connectivity index (χ0) is 22.1. The number of nitrogens with one attached hydrogen (secondary N) is 1. The van der Waals surface area contributed by atoms with Crippen LogP contribution in [0.1, 0.15) is 12.5 Å². The van der Waals surface area contributed by atoms with Gasteiger partial charge in [0.05, 0.1) is 24.4 Å². The molecule has 0 atom stereocenters. The average Bonchev–Trinajstić information content (AvgIpc) is 2.80. The van der Waals surface area contributed by atoms with E-state index in [2.05, 4.69) is 26.5 Å². The third kappa shape index (κ3) is 6.08. The summed E-state index contributed by atoms with van der Waals surface area (Å²) < 4.78 is 17.3. The summed E-state index contributed by atoms with van der Waals surface area (Å²) in [5, 5.41) is 4.00. The molecule has 1 amide bonds. The molecule has 3 rings (SSSR count). The van der Waals surface area contributed by atoms with Gasteiger partial charge in [0.2, 0.25) is 0 Å². The molecule has 0 aromatic heterocycles. The molecule has 7 heteroatoms. The van der Waals surface area contributed by atoms with Gasteiger partial charge in [0.1, 0.15) is 5.75 Å². The summed E-state index contributed by atoms with van der Waals surface area (Å²) >= 11 is 3.50. The molecule has 3 aromatic rings. The molecular weight excluding hydrogens is 460 g/mol. The second kappa shape index (κ2) is 11.2. The Kier molecular flexibility index (Phi) is 8.06. The molecule has 1 N–H and O–H groups in total. The lowest BCUT2D eigenvalue weighted by Gasteiger charge is -2.11. The van der Waals surface area contributed by atoms with Crippen LogP contribution in [0.3, 0.4) is 0 Å². The first-order chi connectivity index (χ1) is 15.1. The lowest BCUT2D eigenvalue weighted by molar-refractivity contribution is -0.123. The number of amides is 1. The number of ether oxygens (including phenoxy) is 3. The van der Waals surface area contributed by atoms with E-state index in [1.807, 2.05) is 67.6 Å². The van der Waals surface area contributed by atoms with Crippen LogP contribution >= 0.6 is 15.9 Å². The Balaban J connectivity index is 1.57. The molecule has 0 radical (unpaired) electrons. The highest BCUT2D eigenvalue weighted by molar-refractivity contribution is 9.10. The number of hydrogen-bond acceptors (Lipinski definition) is 5. The molecule has 0 saturated heterocycles. The zero-order valence-electron chi connectivity index (χ0n) is 17.3. The van der Waals surface area contributed by atoms with E-state index in [0.29, 0.717) is 29.4 Å². The largest absolute Gasteiger partial charge is 0.493 e. The van der Waals surface area contributed by atoms with Crippen LogP contribution in [0.2, 0.25) is 0 Å². The van der Waals surface area contributed by atoms with Crippen LogP contribution in [0.4, 0.5) is 0 Å². The highest BCUT2D eigenvalue weighted by Gasteiger charge is 2.09. The average molecular weight is 483 g/mol. The first-order valence-corrected chi connectivity index (χ1v) is 10.5. The van der Waals surface area contributed by atoms with Gasteiger partial charge in [-0.25, -0.2) is 5.43 Å². The van der Waals surface area contributed by atoms with Crippen LogP contribution in [-0.2, 0) is 4.79 Å². The molecule has 3 aromatic carbocycles. The first kappa shape index (κ1) is 22.4. The lowest BCUT2D eigenvalue weighted by atomic mass is 10.1. The predicted octanol–water partition coefficient (Wildman–Crippen LogP) is 5.05. The van der Waals surface area contributed by atoms with Gasteiger partial charge < -0.3 is 14.2 Å². The minimum atomic E-state index is -0.379. The van der Waals surface area contributed by atoms with Crippen molar-refractivity contribution in [2.75, 3.05) is 20.3 Å². The van der Waals surface area contributed by atoms with Crippen LogP contribution in [-0.4, -0.2) is 32.4 Å². The number of hydrazone groups is 1. The third-order valence-corrected chi connectivity index (χ3v) is 4.93. The van der Waals surface area contributed by atoms with Gasteiger partial charge in [-0.05, 0) is 58.2 Å². The fourth-order valence-electron chi connectivity index (χ4n) is 2.87. The van der Waals surface area contributed by atoms with Crippen LogP contribution in [0.25, 0.3) is 11.1 Å². The van der Waals surface area contributed by atoms with Gasteiger partial charge in [-0.2, -0.15) is 5.10 Å². The Labute approximate surface area is 190 Å². The minimum Gasteiger partial charge on any atom is -0.493 e. The molecule has 0 aliphatic heterocycles. The number of carbonyl (C=O) groups excluding carboxylic acids is 1. The molecule has 160 valence electrons. The molecule has 6 nitrogen and oxygen atoms in total. The standard InChI is InChI=1S/C24H23BrN2O4/c1-3-30-24-19(10-7-11-22(24)29-2)15-26-27-23(28)16-31-21-13-12-18(14-20(21)25)17-8-5-4-6-9-17/h4-15H,3,16H2,1-2H3,(H,27,28)/b26-15+. The number of hydrogen-bond donors (Lipinski definition) is 1. The van der Waals surface area contributed by atoms with Crippen molar-refractivity contribution in [1.82, 2.24) is 5.43 Å². The summed E-state index contributed by atoms with van der Waals surface area (Å²) in [4.78, 5) is 12.1. The number of carbonyl (C=O) groups is 1. The molecule has 0 bridgehead atoms. The summed E-state index contributed by atoms with van der Waals surface area (Å²) in [6.07, 6.45) is 1.51. The maximum atomic E-state index is 12.1. The highest BCUT2D eigenvalue weighted by Crippen LogP contribution is 2.31. The summed E-state index contributed by atoms with van der Waals surface area (Å²) in [7, 11) is 1.57. The first-order valence-electron chi connectivity index (χ1n) is 9.71. The molecule has 0 unspecified atom stereocenters. The summed E-state index contributed by atoms with van der Waals surface area (Å²) in [6, 6.07) is 21.2. The van der Waals surface area contributed by atoms with Crippen molar-refractivity contribution in [1.29, 1.82) is 0 Å². The van der Waals surface area contributed by atoms with E-state index in [0.717, 1.165) is 15.6 Å². The maximum absolute atomic E-state index is 12.1. The van der Waals surface area contributed by atoms with E-state index in [1.165, 1.54) is 6.21 Å². The van der Waals surface area contributed by atoms with Crippen molar-refractivity contribution < 1.29 is 19.0 Å². The van der Waals surface area contributed by atoms with E-state index in [1.54, 1.807) is 13.2 Å². The molecule has 31 heavy (non-hydrogen) atoms. The van der Waals surface area contributed by atoms with Gasteiger partial charge in [0.15, 0.2) is 18.1 Å². The van der Waals surface area contributed by atoms with Crippen molar-refractivity contribution in [2.45, 2.75) is 6.92 Å². The Hall–Kier alpha value is -3.32. The number of rotatable bonds is 9. The van der Waals surface area contributed by atoms with Crippen LogP contribution in [0, 0.1) is 0 Å². The van der Waals surface area contributed by atoms with Gasteiger partial charge in [0, 0.05) is 5.56 Å². The zero-order valence-corrected chi connectivity index (χ0v) is 18.9. The van der Waals surface area contributed by atoms with E-state index in [4.69, 9.17) is 14.2 Å². The predicted molar refractivity (Wildman–Crippen MR) is 125 cm³/mol. The third-order valence-electron chi connectivity index (χ3n) is 4.31. The van der Waals surface area contributed by atoms with Crippen molar-refractivity contribution in [3.63, 3.8) is 0 Å². The lowest BCUT2D eigenvalue weighted by Crippen LogP contribution is -2.24. The Morgan fingerprint density at radius 2 is 1.81 bits per heavy atom. The molecule has 0 aliphatic carbocycles. The SMILES string of the molecule is CCOc1c(/C=N/NC(=O)COc2ccc(-c3ccccc3)cc2Br)cccc1OC. The highest BCUT2D eigenvalue weighted by atomic mass is 79.9. The Morgan fingerprint density at radius 1 is 1.00 bits per heavy atom. The fraction of sp³-hybridized carbons (Fsp3) is 0.167.